The van der Waals surface area contributed by atoms with E-state index in [9.17, 15) is 4.79 Å². The predicted molar refractivity (Wildman–Crippen MR) is 72.2 cm³/mol. The van der Waals surface area contributed by atoms with Crippen molar-refractivity contribution in [3.8, 4) is 0 Å². The molecular weight excluding hydrogens is 214 g/mol. The lowest BCUT2D eigenvalue weighted by atomic mass is 9.86. The summed E-state index contributed by atoms with van der Waals surface area (Å²) in [5, 5.41) is 8.90. The van der Waals surface area contributed by atoms with E-state index in [0.717, 1.165) is 32.4 Å². The predicted octanol–water partition coefficient (Wildman–Crippen LogP) is 3.31. The van der Waals surface area contributed by atoms with Gasteiger partial charge in [0.2, 0.25) is 0 Å². The standard InChI is InChI=1S/C14H27NO2/c1-6-14(7-2,15(8-3)9-4)11-10-12(5)13(16)17/h10H,6-9,11H2,1-5H3,(H,16,17)/b12-10+. The molecule has 0 saturated heterocycles. The molecule has 1 N–H and O–H groups in total. The Bertz CT molecular complexity index is 263. The highest BCUT2D eigenvalue weighted by atomic mass is 16.4. The summed E-state index contributed by atoms with van der Waals surface area (Å²) in [6.45, 7) is 12.4. The molecule has 0 aromatic heterocycles. The Labute approximate surface area is 106 Å². The summed E-state index contributed by atoms with van der Waals surface area (Å²) in [7, 11) is 0. The van der Waals surface area contributed by atoms with Crippen LogP contribution in [0.5, 0.6) is 0 Å². The van der Waals surface area contributed by atoms with Crippen LogP contribution < -0.4 is 0 Å². The van der Waals surface area contributed by atoms with Gasteiger partial charge in [0, 0.05) is 11.1 Å². The van der Waals surface area contributed by atoms with E-state index in [4.69, 9.17) is 5.11 Å². The monoisotopic (exact) mass is 241 g/mol. The molecule has 0 aliphatic heterocycles. The minimum atomic E-state index is -0.814. The molecule has 0 fully saturated rings. The van der Waals surface area contributed by atoms with Gasteiger partial charge in [-0.2, -0.15) is 0 Å². The second-order valence-electron chi connectivity index (χ2n) is 4.50. The zero-order valence-electron chi connectivity index (χ0n) is 11.9. The smallest absolute Gasteiger partial charge is 0.330 e. The van der Waals surface area contributed by atoms with Gasteiger partial charge >= 0.3 is 5.97 Å². The molecule has 0 amide bonds. The Morgan fingerprint density at radius 1 is 1.18 bits per heavy atom. The van der Waals surface area contributed by atoms with Gasteiger partial charge in [0.15, 0.2) is 0 Å². The molecule has 3 heteroatoms. The van der Waals surface area contributed by atoms with Crippen molar-refractivity contribution >= 4 is 5.97 Å². The van der Waals surface area contributed by atoms with Crippen molar-refractivity contribution in [3.05, 3.63) is 11.6 Å². The second-order valence-corrected chi connectivity index (χ2v) is 4.50. The van der Waals surface area contributed by atoms with Crippen molar-refractivity contribution in [1.82, 2.24) is 4.90 Å². The van der Waals surface area contributed by atoms with Gasteiger partial charge in [-0.05, 0) is 39.3 Å². The highest BCUT2D eigenvalue weighted by Crippen LogP contribution is 2.28. The van der Waals surface area contributed by atoms with E-state index >= 15 is 0 Å². The molecule has 0 aromatic carbocycles. The van der Waals surface area contributed by atoms with E-state index in [0.29, 0.717) is 5.57 Å². The molecule has 17 heavy (non-hydrogen) atoms. The van der Waals surface area contributed by atoms with Crippen molar-refractivity contribution in [1.29, 1.82) is 0 Å². The summed E-state index contributed by atoms with van der Waals surface area (Å²) >= 11 is 0. The number of carbonyl (C=O) groups is 1. The van der Waals surface area contributed by atoms with Crippen molar-refractivity contribution in [2.75, 3.05) is 13.1 Å². The lowest BCUT2D eigenvalue weighted by Gasteiger charge is -2.42. The lowest BCUT2D eigenvalue weighted by molar-refractivity contribution is -0.132. The molecule has 0 radical (unpaired) electrons. The molecule has 0 rings (SSSR count). The summed E-state index contributed by atoms with van der Waals surface area (Å²) in [4.78, 5) is 13.3. The number of hydrogen-bond donors (Lipinski definition) is 1. The van der Waals surface area contributed by atoms with Gasteiger partial charge in [-0.25, -0.2) is 4.79 Å². The lowest BCUT2D eigenvalue weighted by Crippen LogP contribution is -2.47. The van der Waals surface area contributed by atoms with Crippen LogP contribution in [-0.4, -0.2) is 34.6 Å². The Morgan fingerprint density at radius 3 is 1.94 bits per heavy atom. The van der Waals surface area contributed by atoms with Crippen molar-refractivity contribution in [2.45, 2.75) is 59.4 Å². The molecule has 0 saturated carbocycles. The first-order chi connectivity index (χ1) is 7.97. The highest BCUT2D eigenvalue weighted by molar-refractivity contribution is 5.85. The zero-order valence-corrected chi connectivity index (χ0v) is 11.9. The number of rotatable bonds is 8. The zero-order chi connectivity index (χ0) is 13.5. The van der Waals surface area contributed by atoms with Crippen LogP contribution in [0.2, 0.25) is 0 Å². The Hall–Kier alpha value is -0.830. The van der Waals surface area contributed by atoms with E-state index in [-0.39, 0.29) is 5.54 Å². The minimum Gasteiger partial charge on any atom is -0.478 e. The highest BCUT2D eigenvalue weighted by Gasteiger charge is 2.30. The maximum atomic E-state index is 10.8. The molecular formula is C14H27NO2. The van der Waals surface area contributed by atoms with Crippen LogP contribution in [0.25, 0.3) is 0 Å². The van der Waals surface area contributed by atoms with Crippen molar-refractivity contribution in [2.24, 2.45) is 0 Å². The van der Waals surface area contributed by atoms with Crippen molar-refractivity contribution < 1.29 is 9.90 Å². The topological polar surface area (TPSA) is 40.5 Å². The van der Waals surface area contributed by atoms with Gasteiger partial charge in [-0.15, -0.1) is 0 Å². The van der Waals surface area contributed by atoms with Gasteiger partial charge in [-0.1, -0.05) is 33.8 Å². The Balaban J connectivity index is 4.95. The molecule has 0 aliphatic carbocycles. The molecule has 0 atom stereocenters. The van der Waals surface area contributed by atoms with Gasteiger partial charge in [0.1, 0.15) is 0 Å². The van der Waals surface area contributed by atoms with Gasteiger partial charge in [0.25, 0.3) is 0 Å². The first-order valence-corrected chi connectivity index (χ1v) is 6.62. The molecule has 100 valence electrons. The van der Waals surface area contributed by atoms with Gasteiger partial charge in [0.05, 0.1) is 0 Å². The number of carboxylic acid groups (broad SMARTS) is 1. The molecule has 0 bridgehead atoms. The average molecular weight is 241 g/mol. The Kier molecular flexibility index (Phi) is 7.12. The third-order valence-electron chi connectivity index (χ3n) is 3.88. The van der Waals surface area contributed by atoms with Crippen LogP contribution in [0.1, 0.15) is 53.9 Å². The third-order valence-corrected chi connectivity index (χ3v) is 3.88. The summed E-state index contributed by atoms with van der Waals surface area (Å²) in [5.41, 5.74) is 0.559. The fourth-order valence-corrected chi connectivity index (χ4v) is 2.44. The first-order valence-electron chi connectivity index (χ1n) is 6.62. The van der Waals surface area contributed by atoms with Crippen LogP contribution in [0, 0.1) is 0 Å². The van der Waals surface area contributed by atoms with E-state index in [1.165, 1.54) is 0 Å². The molecule has 0 aliphatic rings. The summed E-state index contributed by atoms with van der Waals surface area (Å²) in [6.07, 6.45) is 4.79. The van der Waals surface area contributed by atoms with E-state index < -0.39 is 5.97 Å². The summed E-state index contributed by atoms with van der Waals surface area (Å²) < 4.78 is 0. The summed E-state index contributed by atoms with van der Waals surface area (Å²) in [6, 6.07) is 0. The van der Waals surface area contributed by atoms with Crippen LogP contribution in [0.4, 0.5) is 0 Å². The fourth-order valence-electron chi connectivity index (χ4n) is 2.44. The summed E-state index contributed by atoms with van der Waals surface area (Å²) in [5.74, 6) is -0.814. The van der Waals surface area contributed by atoms with Crippen LogP contribution in [-0.2, 0) is 4.79 Å². The number of aliphatic carboxylic acids is 1. The average Bonchev–Trinajstić information content (AvgIpc) is 2.34. The number of hydrogen-bond acceptors (Lipinski definition) is 2. The molecule has 3 nitrogen and oxygen atoms in total. The fraction of sp³-hybridized carbons (Fsp3) is 0.786. The molecule has 0 aromatic rings. The van der Waals surface area contributed by atoms with Crippen LogP contribution >= 0.6 is 0 Å². The first kappa shape index (κ1) is 16.2. The molecule has 0 spiro atoms. The largest absolute Gasteiger partial charge is 0.478 e. The second kappa shape index (κ2) is 7.49. The quantitative estimate of drug-likeness (QED) is 0.663. The normalized spacial score (nSPS) is 13.2. The van der Waals surface area contributed by atoms with E-state index in [1.807, 2.05) is 6.08 Å². The SMILES string of the molecule is CCN(CC)C(CC)(CC)C/C=C(\C)C(=O)O. The van der Waals surface area contributed by atoms with Gasteiger partial charge < -0.3 is 5.11 Å². The molecule has 0 heterocycles. The van der Waals surface area contributed by atoms with E-state index in [2.05, 4.69) is 32.6 Å². The number of nitrogens with zero attached hydrogens (tertiary/aromatic N) is 1. The Morgan fingerprint density at radius 2 is 1.65 bits per heavy atom. The third kappa shape index (κ3) is 4.15. The van der Waals surface area contributed by atoms with E-state index in [1.54, 1.807) is 6.92 Å². The van der Waals surface area contributed by atoms with Crippen LogP contribution in [0.3, 0.4) is 0 Å². The number of carboxylic acids is 1. The minimum absolute atomic E-state index is 0.111. The maximum absolute atomic E-state index is 10.8. The maximum Gasteiger partial charge on any atom is 0.330 e. The van der Waals surface area contributed by atoms with Crippen molar-refractivity contribution in [3.63, 3.8) is 0 Å². The van der Waals surface area contributed by atoms with Crippen LogP contribution in [0.15, 0.2) is 11.6 Å². The molecule has 0 unspecified atom stereocenters. The van der Waals surface area contributed by atoms with Gasteiger partial charge in [-0.3, -0.25) is 4.90 Å².